The summed E-state index contributed by atoms with van der Waals surface area (Å²) in [4.78, 5) is 5.40. The van der Waals surface area contributed by atoms with Crippen LogP contribution in [0.1, 0.15) is 43.7 Å². The second-order valence-electron chi connectivity index (χ2n) is 7.62. The predicted molar refractivity (Wildman–Crippen MR) is 93.7 cm³/mol. The Bertz CT molecular complexity index is 530. The summed E-state index contributed by atoms with van der Waals surface area (Å²) in [6.07, 6.45) is 5.09. The van der Waals surface area contributed by atoms with Crippen LogP contribution in [-0.4, -0.2) is 55.2 Å². The highest BCUT2D eigenvalue weighted by atomic mass is 16.5. The maximum atomic E-state index is 5.54. The standard InChI is InChI=1S/C20H30N2O/c1-2-21-15-17-5-3-4-6-19(17)20(16-21)9-11-22(12-10-20)18-7-13-23-14-8-18/h3-6,18H,2,7-16H2,1H3. The summed E-state index contributed by atoms with van der Waals surface area (Å²) in [7, 11) is 0. The minimum Gasteiger partial charge on any atom is -0.381 e. The zero-order valence-corrected chi connectivity index (χ0v) is 14.5. The number of nitrogens with zero attached hydrogens (tertiary/aromatic N) is 2. The van der Waals surface area contributed by atoms with Crippen molar-refractivity contribution in [2.75, 3.05) is 39.4 Å². The lowest BCUT2D eigenvalue weighted by Crippen LogP contribution is -2.54. The summed E-state index contributed by atoms with van der Waals surface area (Å²) >= 11 is 0. The lowest BCUT2D eigenvalue weighted by atomic mass is 9.68. The first-order valence-corrected chi connectivity index (χ1v) is 9.43. The van der Waals surface area contributed by atoms with Gasteiger partial charge in [0.2, 0.25) is 0 Å². The van der Waals surface area contributed by atoms with E-state index in [1.54, 1.807) is 11.1 Å². The van der Waals surface area contributed by atoms with Gasteiger partial charge in [0, 0.05) is 37.8 Å². The Morgan fingerprint density at radius 2 is 1.87 bits per heavy atom. The van der Waals surface area contributed by atoms with Gasteiger partial charge in [-0.3, -0.25) is 4.90 Å². The number of fused-ring (bicyclic) bond motifs is 2. The normalized spacial score (nSPS) is 26.3. The molecule has 1 aromatic rings. The lowest BCUT2D eigenvalue weighted by molar-refractivity contribution is 0.0105. The maximum absolute atomic E-state index is 5.54. The fraction of sp³-hybridized carbons (Fsp3) is 0.700. The second-order valence-corrected chi connectivity index (χ2v) is 7.62. The van der Waals surface area contributed by atoms with Crippen LogP contribution in [0.4, 0.5) is 0 Å². The molecule has 0 bridgehead atoms. The van der Waals surface area contributed by atoms with Crippen molar-refractivity contribution in [2.45, 2.75) is 50.6 Å². The van der Waals surface area contributed by atoms with Crippen molar-refractivity contribution in [3.63, 3.8) is 0 Å². The Hall–Kier alpha value is -0.900. The Morgan fingerprint density at radius 1 is 1.13 bits per heavy atom. The van der Waals surface area contributed by atoms with Gasteiger partial charge in [0.15, 0.2) is 0 Å². The van der Waals surface area contributed by atoms with Crippen molar-refractivity contribution in [2.24, 2.45) is 0 Å². The third-order valence-electron chi connectivity index (χ3n) is 6.42. The van der Waals surface area contributed by atoms with Gasteiger partial charge >= 0.3 is 0 Å². The molecule has 2 saturated heterocycles. The quantitative estimate of drug-likeness (QED) is 0.834. The van der Waals surface area contributed by atoms with Crippen molar-refractivity contribution in [3.05, 3.63) is 35.4 Å². The number of piperidine rings is 1. The fourth-order valence-electron chi connectivity index (χ4n) is 5.00. The number of hydrogen-bond donors (Lipinski definition) is 0. The molecule has 126 valence electrons. The zero-order valence-electron chi connectivity index (χ0n) is 14.5. The smallest absolute Gasteiger partial charge is 0.0480 e. The van der Waals surface area contributed by atoms with Gasteiger partial charge < -0.3 is 9.64 Å². The van der Waals surface area contributed by atoms with Crippen LogP contribution < -0.4 is 0 Å². The molecule has 3 aliphatic rings. The topological polar surface area (TPSA) is 15.7 Å². The average molecular weight is 314 g/mol. The van der Waals surface area contributed by atoms with Crippen LogP contribution in [0.2, 0.25) is 0 Å². The molecule has 0 N–H and O–H groups in total. The summed E-state index contributed by atoms with van der Waals surface area (Å²) in [5.41, 5.74) is 3.61. The number of ether oxygens (including phenoxy) is 1. The Kier molecular flexibility index (Phi) is 4.44. The number of benzene rings is 1. The summed E-state index contributed by atoms with van der Waals surface area (Å²) in [6, 6.07) is 9.98. The third-order valence-corrected chi connectivity index (χ3v) is 6.42. The minimum atomic E-state index is 0.395. The highest BCUT2D eigenvalue weighted by Gasteiger charge is 2.42. The van der Waals surface area contributed by atoms with Crippen molar-refractivity contribution in [3.8, 4) is 0 Å². The molecular weight excluding hydrogens is 284 g/mol. The van der Waals surface area contributed by atoms with E-state index in [-0.39, 0.29) is 0 Å². The molecule has 1 spiro atoms. The minimum absolute atomic E-state index is 0.395. The molecule has 3 aliphatic heterocycles. The molecule has 3 heterocycles. The van der Waals surface area contributed by atoms with Crippen LogP contribution in [0.15, 0.2) is 24.3 Å². The van der Waals surface area contributed by atoms with Crippen LogP contribution >= 0.6 is 0 Å². The molecule has 0 radical (unpaired) electrons. The van der Waals surface area contributed by atoms with Gasteiger partial charge in [-0.25, -0.2) is 0 Å². The van der Waals surface area contributed by atoms with Crippen LogP contribution in [-0.2, 0) is 16.7 Å². The maximum Gasteiger partial charge on any atom is 0.0480 e. The highest BCUT2D eigenvalue weighted by molar-refractivity contribution is 5.37. The molecule has 4 rings (SSSR count). The molecule has 2 fully saturated rings. The van der Waals surface area contributed by atoms with E-state index in [4.69, 9.17) is 4.74 Å². The van der Waals surface area contributed by atoms with Crippen LogP contribution in [0.5, 0.6) is 0 Å². The molecule has 3 heteroatoms. The SMILES string of the molecule is CCN1Cc2ccccc2C2(CCN(C3CCOCC3)CC2)C1. The molecule has 0 unspecified atom stereocenters. The van der Waals surface area contributed by atoms with Gasteiger partial charge in [-0.1, -0.05) is 31.2 Å². The number of likely N-dealkylation sites (tertiary alicyclic amines) is 1. The van der Waals surface area contributed by atoms with Crippen molar-refractivity contribution in [1.82, 2.24) is 9.80 Å². The number of rotatable bonds is 2. The van der Waals surface area contributed by atoms with Crippen molar-refractivity contribution < 1.29 is 4.74 Å². The largest absolute Gasteiger partial charge is 0.381 e. The van der Waals surface area contributed by atoms with E-state index in [0.29, 0.717) is 5.41 Å². The van der Waals surface area contributed by atoms with E-state index < -0.39 is 0 Å². The zero-order chi connectivity index (χ0) is 15.7. The number of likely N-dealkylation sites (N-methyl/N-ethyl adjacent to an activating group) is 1. The van der Waals surface area contributed by atoms with Crippen molar-refractivity contribution >= 4 is 0 Å². The highest BCUT2D eigenvalue weighted by Crippen LogP contribution is 2.42. The van der Waals surface area contributed by atoms with Gasteiger partial charge in [0.25, 0.3) is 0 Å². The van der Waals surface area contributed by atoms with Gasteiger partial charge in [-0.15, -0.1) is 0 Å². The molecule has 23 heavy (non-hydrogen) atoms. The van der Waals surface area contributed by atoms with E-state index in [9.17, 15) is 0 Å². The first-order chi connectivity index (χ1) is 11.3. The van der Waals surface area contributed by atoms with Crippen molar-refractivity contribution in [1.29, 1.82) is 0 Å². The molecule has 0 amide bonds. The van der Waals surface area contributed by atoms with E-state index in [1.807, 2.05) is 0 Å². The summed E-state index contributed by atoms with van der Waals surface area (Å²) in [5.74, 6) is 0. The van der Waals surface area contributed by atoms with Crippen LogP contribution in [0, 0.1) is 0 Å². The van der Waals surface area contributed by atoms with E-state index >= 15 is 0 Å². The summed E-state index contributed by atoms with van der Waals surface area (Å²) in [5, 5.41) is 0. The first kappa shape index (κ1) is 15.6. The Labute approximate surface area is 140 Å². The fourth-order valence-corrected chi connectivity index (χ4v) is 5.00. The van der Waals surface area contributed by atoms with E-state index in [2.05, 4.69) is 41.0 Å². The van der Waals surface area contributed by atoms with Gasteiger partial charge in [0.1, 0.15) is 0 Å². The Morgan fingerprint density at radius 3 is 2.61 bits per heavy atom. The molecule has 0 atom stereocenters. The second kappa shape index (κ2) is 6.54. The molecule has 1 aromatic carbocycles. The average Bonchev–Trinajstić information content (AvgIpc) is 2.63. The van der Waals surface area contributed by atoms with E-state index in [0.717, 1.165) is 25.8 Å². The monoisotopic (exact) mass is 314 g/mol. The number of hydrogen-bond acceptors (Lipinski definition) is 3. The molecule has 0 aliphatic carbocycles. The summed E-state index contributed by atoms with van der Waals surface area (Å²) in [6.45, 7) is 10.3. The first-order valence-electron chi connectivity index (χ1n) is 9.43. The third kappa shape index (κ3) is 2.95. The lowest BCUT2D eigenvalue weighted by Gasteiger charge is -2.50. The Balaban J connectivity index is 1.52. The summed E-state index contributed by atoms with van der Waals surface area (Å²) < 4.78 is 5.54. The predicted octanol–water partition coefficient (Wildman–Crippen LogP) is 3.03. The molecule has 0 aromatic heterocycles. The van der Waals surface area contributed by atoms with Crippen LogP contribution in [0.25, 0.3) is 0 Å². The van der Waals surface area contributed by atoms with Gasteiger partial charge in [0.05, 0.1) is 0 Å². The molecular formula is C20H30N2O. The van der Waals surface area contributed by atoms with Crippen LogP contribution in [0.3, 0.4) is 0 Å². The van der Waals surface area contributed by atoms with Gasteiger partial charge in [-0.2, -0.15) is 0 Å². The van der Waals surface area contributed by atoms with Gasteiger partial charge in [-0.05, 0) is 56.4 Å². The molecule has 0 saturated carbocycles. The van der Waals surface area contributed by atoms with E-state index in [1.165, 1.54) is 51.9 Å². The molecule has 3 nitrogen and oxygen atoms in total.